The van der Waals surface area contributed by atoms with Gasteiger partial charge in [0.15, 0.2) is 0 Å². The summed E-state index contributed by atoms with van der Waals surface area (Å²) in [7, 11) is 0. The van der Waals surface area contributed by atoms with E-state index in [1.165, 1.54) is 5.56 Å². The SMILES string of the molecule is NC(CN1CCOCC1)c1ccc(Br)cc1. The third kappa shape index (κ3) is 3.28. The molecule has 1 saturated heterocycles. The Morgan fingerprint density at radius 2 is 1.88 bits per heavy atom. The van der Waals surface area contributed by atoms with E-state index in [1.807, 2.05) is 12.1 Å². The van der Waals surface area contributed by atoms with Crippen LogP contribution in [0.2, 0.25) is 0 Å². The van der Waals surface area contributed by atoms with Crippen LogP contribution in [0.25, 0.3) is 0 Å². The molecule has 0 bridgehead atoms. The van der Waals surface area contributed by atoms with Crippen molar-refractivity contribution >= 4 is 15.9 Å². The summed E-state index contributed by atoms with van der Waals surface area (Å²) in [6, 6.07) is 8.32. The van der Waals surface area contributed by atoms with Gasteiger partial charge in [0, 0.05) is 30.1 Å². The second-order valence-electron chi connectivity index (χ2n) is 4.07. The summed E-state index contributed by atoms with van der Waals surface area (Å²) < 4.78 is 6.41. The van der Waals surface area contributed by atoms with E-state index in [0.29, 0.717) is 0 Å². The molecular formula is C12H17BrN2O. The van der Waals surface area contributed by atoms with Crippen LogP contribution in [0.4, 0.5) is 0 Å². The fraction of sp³-hybridized carbons (Fsp3) is 0.500. The van der Waals surface area contributed by atoms with E-state index in [0.717, 1.165) is 37.3 Å². The number of hydrogen-bond acceptors (Lipinski definition) is 3. The summed E-state index contributed by atoms with van der Waals surface area (Å²) in [5, 5.41) is 0. The van der Waals surface area contributed by atoms with Crippen LogP contribution in [0.5, 0.6) is 0 Å². The van der Waals surface area contributed by atoms with E-state index < -0.39 is 0 Å². The number of morpholine rings is 1. The van der Waals surface area contributed by atoms with Gasteiger partial charge in [-0.2, -0.15) is 0 Å². The van der Waals surface area contributed by atoms with E-state index in [4.69, 9.17) is 10.5 Å². The van der Waals surface area contributed by atoms with Crippen molar-refractivity contribution in [3.8, 4) is 0 Å². The third-order valence-corrected chi connectivity index (χ3v) is 3.39. The minimum Gasteiger partial charge on any atom is -0.379 e. The minimum absolute atomic E-state index is 0.0891. The Balaban J connectivity index is 1.91. The second kappa shape index (κ2) is 5.77. The minimum atomic E-state index is 0.0891. The van der Waals surface area contributed by atoms with Gasteiger partial charge in [-0.1, -0.05) is 28.1 Å². The summed E-state index contributed by atoms with van der Waals surface area (Å²) in [4.78, 5) is 2.36. The van der Waals surface area contributed by atoms with Gasteiger partial charge in [-0.25, -0.2) is 0 Å². The normalized spacial score (nSPS) is 19.6. The number of rotatable bonds is 3. The number of nitrogens with zero attached hydrogens (tertiary/aromatic N) is 1. The van der Waals surface area contributed by atoms with Crippen LogP contribution in [-0.4, -0.2) is 37.7 Å². The Bertz CT molecular complexity index is 322. The van der Waals surface area contributed by atoms with E-state index >= 15 is 0 Å². The van der Waals surface area contributed by atoms with Gasteiger partial charge in [0.05, 0.1) is 13.2 Å². The van der Waals surface area contributed by atoms with E-state index in [9.17, 15) is 0 Å². The number of ether oxygens (including phenoxy) is 1. The lowest BCUT2D eigenvalue weighted by atomic mass is 10.1. The maximum atomic E-state index is 6.18. The highest BCUT2D eigenvalue weighted by molar-refractivity contribution is 9.10. The summed E-state index contributed by atoms with van der Waals surface area (Å²) in [5.41, 5.74) is 7.37. The Labute approximate surface area is 105 Å². The molecule has 0 aliphatic carbocycles. The van der Waals surface area contributed by atoms with Crippen LogP contribution in [0.15, 0.2) is 28.7 Å². The number of nitrogens with two attached hydrogens (primary N) is 1. The Morgan fingerprint density at radius 3 is 2.50 bits per heavy atom. The van der Waals surface area contributed by atoms with Crippen LogP contribution in [0, 0.1) is 0 Å². The average molecular weight is 285 g/mol. The van der Waals surface area contributed by atoms with Gasteiger partial charge in [-0.15, -0.1) is 0 Å². The second-order valence-corrected chi connectivity index (χ2v) is 4.99. The zero-order chi connectivity index (χ0) is 11.4. The molecule has 16 heavy (non-hydrogen) atoms. The van der Waals surface area contributed by atoms with Gasteiger partial charge in [-0.05, 0) is 17.7 Å². The largest absolute Gasteiger partial charge is 0.379 e. The molecule has 1 aliphatic heterocycles. The fourth-order valence-electron chi connectivity index (χ4n) is 1.88. The predicted octanol–water partition coefficient (Wildman–Crippen LogP) is 1.78. The molecule has 1 aliphatic rings. The van der Waals surface area contributed by atoms with E-state index in [-0.39, 0.29) is 6.04 Å². The molecule has 1 atom stereocenters. The fourth-order valence-corrected chi connectivity index (χ4v) is 2.14. The molecular weight excluding hydrogens is 268 g/mol. The maximum absolute atomic E-state index is 6.18. The smallest absolute Gasteiger partial charge is 0.0594 e. The van der Waals surface area contributed by atoms with Crippen molar-refractivity contribution < 1.29 is 4.74 Å². The molecule has 88 valence electrons. The first kappa shape index (κ1) is 12.0. The molecule has 4 heteroatoms. The topological polar surface area (TPSA) is 38.5 Å². The first-order valence-corrected chi connectivity index (χ1v) is 6.36. The molecule has 1 heterocycles. The summed E-state index contributed by atoms with van der Waals surface area (Å²) >= 11 is 3.43. The molecule has 0 amide bonds. The lowest BCUT2D eigenvalue weighted by molar-refractivity contribution is 0.0352. The molecule has 0 spiro atoms. The maximum Gasteiger partial charge on any atom is 0.0594 e. The lowest BCUT2D eigenvalue weighted by Gasteiger charge is -2.29. The summed E-state index contributed by atoms with van der Waals surface area (Å²) in [6.45, 7) is 4.54. The van der Waals surface area contributed by atoms with Crippen molar-refractivity contribution in [1.82, 2.24) is 4.90 Å². The van der Waals surface area contributed by atoms with E-state index in [1.54, 1.807) is 0 Å². The molecule has 1 aromatic rings. The highest BCUT2D eigenvalue weighted by Gasteiger charge is 2.14. The van der Waals surface area contributed by atoms with Crippen molar-refractivity contribution in [3.63, 3.8) is 0 Å². The van der Waals surface area contributed by atoms with Gasteiger partial charge in [0.1, 0.15) is 0 Å². The highest BCUT2D eigenvalue weighted by atomic mass is 79.9. The van der Waals surface area contributed by atoms with Crippen LogP contribution in [-0.2, 0) is 4.74 Å². The van der Waals surface area contributed by atoms with Crippen molar-refractivity contribution in [2.75, 3.05) is 32.8 Å². The van der Waals surface area contributed by atoms with Crippen molar-refractivity contribution in [3.05, 3.63) is 34.3 Å². The van der Waals surface area contributed by atoms with Crippen LogP contribution in [0.1, 0.15) is 11.6 Å². The summed E-state index contributed by atoms with van der Waals surface area (Å²) in [6.07, 6.45) is 0. The van der Waals surface area contributed by atoms with Gasteiger partial charge in [0.25, 0.3) is 0 Å². The van der Waals surface area contributed by atoms with Crippen molar-refractivity contribution in [1.29, 1.82) is 0 Å². The molecule has 0 aromatic heterocycles. The first-order chi connectivity index (χ1) is 7.75. The molecule has 2 rings (SSSR count). The molecule has 0 saturated carbocycles. The highest BCUT2D eigenvalue weighted by Crippen LogP contribution is 2.16. The zero-order valence-electron chi connectivity index (χ0n) is 9.23. The van der Waals surface area contributed by atoms with Gasteiger partial charge in [-0.3, -0.25) is 4.90 Å². The first-order valence-electron chi connectivity index (χ1n) is 5.57. The standard InChI is InChI=1S/C12H17BrN2O/c13-11-3-1-10(2-4-11)12(14)9-15-5-7-16-8-6-15/h1-4,12H,5-9,14H2. The Kier molecular flexibility index (Phi) is 4.35. The van der Waals surface area contributed by atoms with Gasteiger partial charge < -0.3 is 10.5 Å². The van der Waals surface area contributed by atoms with Crippen LogP contribution < -0.4 is 5.73 Å². The average Bonchev–Trinajstić information content (AvgIpc) is 2.31. The Hall–Kier alpha value is -0.420. The third-order valence-electron chi connectivity index (χ3n) is 2.86. The number of hydrogen-bond donors (Lipinski definition) is 1. The van der Waals surface area contributed by atoms with Crippen LogP contribution >= 0.6 is 15.9 Å². The number of halogens is 1. The molecule has 3 nitrogen and oxygen atoms in total. The van der Waals surface area contributed by atoms with Crippen LogP contribution in [0.3, 0.4) is 0 Å². The monoisotopic (exact) mass is 284 g/mol. The predicted molar refractivity (Wildman–Crippen MR) is 68.3 cm³/mol. The quantitative estimate of drug-likeness (QED) is 0.920. The lowest BCUT2D eigenvalue weighted by Crippen LogP contribution is -2.40. The zero-order valence-corrected chi connectivity index (χ0v) is 10.8. The molecule has 1 unspecified atom stereocenters. The van der Waals surface area contributed by atoms with E-state index in [2.05, 4.69) is 33.0 Å². The molecule has 0 radical (unpaired) electrons. The summed E-state index contributed by atoms with van der Waals surface area (Å²) in [5.74, 6) is 0. The molecule has 1 fully saturated rings. The number of benzene rings is 1. The van der Waals surface area contributed by atoms with Gasteiger partial charge in [0.2, 0.25) is 0 Å². The molecule has 2 N–H and O–H groups in total. The van der Waals surface area contributed by atoms with Crippen molar-refractivity contribution in [2.45, 2.75) is 6.04 Å². The molecule has 1 aromatic carbocycles. The Morgan fingerprint density at radius 1 is 1.25 bits per heavy atom. The van der Waals surface area contributed by atoms with Gasteiger partial charge >= 0.3 is 0 Å². The van der Waals surface area contributed by atoms with Crippen molar-refractivity contribution in [2.24, 2.45) is 5.73 Å².